The first kappa shape index (κ1) is 15.1. The monoisotopic (exact) mass is 328 g/mol. The Morgan fingerprint density at radius 2 is 1.88 bits per heavy atom. The van der Waals surface area contributed by atoms with Crippen molar-refractivity contribution in [1.82, 2.24) is 14.5 Å². The number of pyridine rings is 1. The molecule has 4 rings (SSSR count). The first-order valence-electron chi connectivity index (χ1n) is 7.83. The number of aromatic nitrogens is 3. The third kappa shape index (κ3) is 2.76. The Kier molecular flexibility index (Phi) is 3.54. The summed E-state index contributed by atoms with van der Waals surface area (Å²) in [5.41, 5.74) is 4.19. The highest BCUT2D eigenvalue weighted by Crippen LogP contribution is 2.26. The SMILES string of the molecule is Cc1ccc2nc(-c3ccc(-n4ccnc4)cc3)cc(C(=O)[O-])c2c1. The molecular formula is C20H14N3O2-. The van der Waals surface area contributed by atoms with Gasteiger partial charge in [-0.1, -0.05) is 23.8 Å². The van der Waals surface area contributed by atoms with Crippen LogP contribution in [0.25, 0.3) is 27.8 Å². The highest BCUT2D eigenvalue weighted by Gasteiger charge is 2.09. The van der Waals surface area contributed by atoms with Crippen molar-refractivity contribution < 1.29 is 9.90 Å². The molecule has 2 aromatic heterocycles. The minimum Gasteiger partial charge on any atom is -0.545 e. The topological polar surface area (TPSA) is 70.8 Å². The van der Waals surface area contributed by atoms with Crippen LogP contribution in [0.1, 0.15) is 15.9 Å². The predicted molar refractivity (Wildman–Crippen MR) is 93.4 cm³/mol. The van der Waals surface area contributed by atoms with E-state index < -0.39 is 5.97 Å². The van der Waals surface area contributed by atoms with E-state index in [1.807, 2.05) is 60.2 Å². The van der Waals surface area contributed by atoms with Crippen LogP contribution in [0.4, 0.5) is 0 Å². The van der Waals surface area contributed by atoms with E-state index in [1.165, 1.54) is 0 Å². The summed E-state index contributed by atoms with van der Waals surface area (Å²) in [7, 11) is 0. The van der Waals surface area contributed by atoms with Crippen molar-refractivity contribution in [3.63, 3.8) is 0 Å². The molecule has 122 valence electrons. The molecule has 0 bridgehead atoms. The fourth-order valence-electron chi connectivity index (χ4n) is 2.87. The Bertz CT molecular complexity index is 1070. The zero-order valence-corrected chi connectivity index (χ0v) is 13.5. The van der Waals surface area contributed by atoms with E-state index in [4.69, 9.17) is 0 Å². The molecule has 0 N–H and O–H groups in total. The molecule has 0 amide bonds. The predicted octanol–water partition coefficient (Wildman–Crippen LogP) is 2.76. The van der Waals surface area contributed by atoms with Crippen molar-refractivity contribution in [1.29, 1.82) is 0 Å². The summed E-state index contributed by atoms with van der Waals surface area (Å²) in [5, 5.41) is 12.2. The molecular weight excluding hydrogens is 314 g/mol. The third-order valence-corrected chi connectivity index (χ3v) is 4.15. The number of fused-ring (bicyclic) bond motifs is 1. The van der Waals surface area contributed by atoms with Crippen LogP contribution in [-0.2, 0) is 0 Å². The van der Waals surface area contributed by atoms with Gasteiger partial charge in [0.2, 0.25) is 0 Å². The molecule has 0 aliphatic carbocycles. The van der Waals surface area contributed by atoms with Gasteiger partial charge >= 0.3 is 0 Å². The summed E-state index contributed by atoms with van der Waals surface area (Å²) in [6, 6.07) is 14.9. The number of benzene rings is 2. The Hall–Kier alpha value is -3.47. The number of carbonyl (C=O) groups excluding carboxylic acids is 1. The summed E-state index contributed by atoms with van der Waals surface area (Å²) in [6.45, 7) is 1.92. The van der Waals surface area contributed by atoms with Gasteiger partial charge in [-0.2, -0.15) is 0 Å². The fraction of sp³-hybridized carbons (Fsp3) is 0.0500. The van der Waals surface area contributed by atoms with E-state index in [2.05, 4.69) is 9.97 Å². The standard InChI is InChI=1S/C20H15N3O2/c1-13-2-7-18-16(10-13)17(20(24)25)11-19(22-18)14-3-5-15(6-4-14)23-9-8-21-12-23/h2-12H,1H3,(H,24,25)/p-1. The molecule has 0 unspecified atom stereocenters. The number of rotatable bonds is 3. The second-order valence-electron chi connectivity index (χ2n) is 5.88. The molecule has 25 heavy (non-hydrogen) atoms. The summed E-state index contributed by atoms with van der Waals surface area (Å²) >= 11 is 0. The van der Waals surface area contributed by atoms with Gasteiger partial charge in [-0.3, -0.25) is 0 Å². The van der Waals surface area contributed by atoms with E-state index in [0.29, 0.717) is 16.6 Å². The Morgan fingerprint density at radius 1 is 1.08 bits per heavy atom. The number of aryl methyl sites for hydroxylation is 1. The van der Waals surface area contributed by atoms with Crippen LogP contribution in [-0.4, -0.2) is 20.5 Å². The zero-order chi connectivity index (χ0) is 17.4. The van der Waals surface area contributed by atoms with Crippen molar-refractivity contribution in [3.05, 3.63) is 78.4 Å². The normalized spacial score (nSPS) is 10.9. The first-order chi connectivity index (χ1) is 12.1. The molecule has 0 saturated heterocycles. The Balaban J connectivity index is 1.84. The highest BCUT2D eigenvalue weighted by molar-refractivity contribution is 6.03. The maximum Gasteiger partial charge on any atom is 0.0991 e. The van der Waals surface area contributed by atoms with Gasteiger partial charge in [-0.15, -0.1) is 0 Å². The van der Waals surface area contributed by atoms with E-state index >= 15 is 0 Å². The minimum absolute atomic E-state index is 0.155. The van der Waals surface area contributed by atoms with Gasteiger partial charge in [0.25, 0.3) is 0 Å². The van der Waals surface area contributed by atoms with Crippen LogP contribution >= 0.6 is 0 Å². The molecule has 5 heteroatoms. The average molecular weight is 328 g/mol. The summed E-state index contributed by atoms with van der Waals surface area (Å²) in [5.74, 6) is -1.20. The molecule has 0 atom stereocenters. The number of carboxylic acid groups (broad SMARTS) is 1. The Morgan fingerprint density at radius 3 is 2.56 bits per heavy atom. The molecule has 0 aliphatic heterocycles. The second kappa shape index (κ2) is 5.87. The first-order valence-corrected chi connectivity index (χ1v) is 7.83. The van der Waals surface area contributed by atoms with Crippen LogP contribution in [0.5, 0.6) is 0 Å². The molecule has 2 heterocycles. The van der Waals surface area contributed by atoms with Gasteiger partial charge in [-0.05, 0) is 37.3 Å². The average Bonchev–Trinajstić information content (AvgIpc) is 3.15. The number of imidazole rings is 1. The number of carboxylic acids is 1. The van der Waals surface area contributed by atoms with E-state index in [-0.39, 0.29) is 5.56 Å². The van der Waals surface area contributed by atoms with Crippen LogP contribution in [0.3, 0.4) is 0 Å². The number of aromatic carboxylic acids is 1. The Labute approximate surface area is 144 Å². The van der Waals surface area contributed by atoms with E-state index in [9.17, 15) is 9.90 Å². The summed E-state index contributed by atoms with van der Waals surface area (Å²) in [6.07, 6.45) is 5.30. The fourth-order valence-corrected chi connectivity index (χ4v) is 2.87. The number of hydrogen-bond acceptors (Lipinski definition) is 4. The summed E-state index contributed by atoms with van der Waals surface area (Å²) in [4.78, 5) is 20.2. The van der Waals surface area contributed by atoms with Gasteiger partial charge in [0.15, 0.2) is 0 Å². The summed E-state index contributed by atoms with van der Waals surface area (Å²) < 4.78 is 1.90. The van der Waals surface area contributed by atoms with Gasteiger partial charge in [0, 0.05) is 34.6 Å². The lowest BCUT2D eigenvalue weighted by Gasteiger charge is -2.12. The van der Waals surface area contributed by atoms with Gasteiger partial charge in [-0.25, -0.2) is 9.97 Å². The minimum atomic E-state index is -1.20. The van der Waals surface area contributed by atoms with Crippen LogP contribution in [0, 0.1) is 6.92 Å². The lowest BCUT2D eigenvalue weighted by Crippen LogP contribution is -2.22. The zero-order valence-electron chi connectivity index (χ0n) is 13.5. The molecule has 0 saturated carbocycles. The van der Waals surface area contributed by atoms with Crippen molar-refractivity contribution in [2.24, 2.45) is 0 Å². The molecule has 5 nitrogen and oxygen atoms in total. The van der Waals surface area contributed by atoms with Gasteiger partial charge < -0.3 is 14.5 Å². The lowest BCUT2D eigenvalue weighted by atomic mass is 10.0. The third-order valence-electron chi connectivity index (χ3n) is 4.15. The molecule has 0 radical (unpaired) electrons. The van der Waals surface area contributed by atoms with Crippen LogP contribution < -0.4 is 5.11 Å². The number of carbonyl (C=O) groups is 1. The van der Waals surface area contributed by atoms with E-state index in [0.717, 1.165) is 16.8 Å². The molecule has 2 aromatic carbocycles. The number of nitrogens with zero attached hydrogens (tertiary/aromatic N) is 3. The maximum absolute atomic E-state index is 11.6. The number of hydrogen-bond donors (Lipinski definition) is 0. The maximum atomic E-state index is 11.6. The van der Waals surface area contributed by atoms with E-state index in [1.54, 1.807) is 18.6 Å². The lowest BCUT2D eigenvalue weighted by molar-refractivity contribution is -0.254. The van der Waals surface area contributed by atoms with Crippen LogP contribution in [0.15, 0.2) is 67.3 Å². The molecule has 0 fully saturated rings. The quantitative estimate of drug-likeness (QED) is 0.580. The van der Waals surface area contributed by atoms with Crippen molar-refractivity contribution in [2.75, 3.05) is 0 Å². The molecule has 0 spiro atoms. The highest BCUT2D eigenvalue weighted by atomic mass is 16.4. The van der Waals surface area contributed by atoms with Crippen molar-refractivity contribution >= 4 is 16.9 Å². The molecule has 0 aliphatic rings. The van der Waals surface area contributed by atoms with Crippen molar-refractivity contribution in [3.8, 4) is 16.9 Å². The van der Waals surface area contributed by atoms with Gasteiger partial charge in [0.1, 0.15) is 0 Å². The second-order valence-corrected chi connectivity index (χ2v) is 5.88. The van der Waals surface area contributed by atoms with Crippen molar-refractivity contribution in [2.45, 2.75) is 6.92 Å². The largest absolute Gasteiger partial charge is 0.545 e. The van der Waals surface area contributed by atoms with Crippen LogP contribution in [0.2, 0.25) is 0 Å². The van der Waals surface area contributed by atoms with Gasteiger partial charge in [0.05, 0.1) is 23.5 Å². The smallest absolute Gasteiger partial charge is 0.0991 e. The molecule has 4 aromatic rings.